The number of para-hydroxylation sites is 1. The zero-order valence-electron chi connectivity index (χ0n) is 10.9. The van der Waals surface area contributed by atoms with Crippen LogP contribution in [0.2, 0.25) is 0 Å². The number of amides is 1. The van der Waals surface area contributed by atoms with E-state index in [-0.39, 0.29) is 18.3 Å². The highest BCUT2D eigenvalue weighted by molar-refractivity contribution is 5.75. The average Bonchev–Trinajstić information content (AvgIpc) is 2.93. The monoisotopic (exact) mass is 271 g/mol. The van der Waals surface area contributed by atoms with Gasteiger partial charge in [0.05, 0.1) is 7.11 Å². The highest BCUT2D eigenvalue weighted by Crippen LogP contribution is 2.16. The third-order valence-corrected chi connectivity index (χ3v) is 2.61. The molecule has 1 heterocycles. The number of benzene rings is 1. The first-order valence-electron chi connectivity index (χ1n) is 5.91. The predicted molar refractivity (Wildman–Crippen MR) is 69.6 cm³/mol. The smallest absolute Gasteiger partial charge is 0.252 e. The fraction of sp³-hybridized carbons (Fsp3) is 0.231. The van der Waals surface area contributed by atoms with Crippen LogP contribution in [0, 0.1) is 11.3 Å². The van der Waals surface area contributed by atoms with Crippen LogP contribution in [0.3, 0.4) is 0 Å². The summed E-state index contributed by atoms with van der Waals surface area (Å²) in [7, 11) is 1.58. The van der Waals surface area contributed by atoms with Crippen molar-refractivity contribution in [3.8, 4) is 11.8 Å². The van der Waals surface area contributed by atoms with Gasteiger partial charge in [-0.05, 0) is 6.07 Å². The Morgan fingerprint density at radius 2 is 2.30 bits per heavy atom. The highest BCUT2D eigenvalue weighted by Gasteiger charge is 2.07. The summed E-state index contributed by atoms with van der Waals surface area (Å²) in [5.41, 5.74) is 0.889. The SMILES string of the molecule is COc1ccccc1CNC(=O)Cn1cnc(C#N)n1. The van der Waals surface area contributed by atoms with Crippen molar-refractivity contribution in [2.24, 2.45) is 0 Å². The molecule has 2 aromatic rings. The molecule has 0 unspecified atom stereocenters. The summed E-state index contributed by atoms with van der Waals surface area (Å²) in [6.07, 6.45) is 1.35. The van der Waals surface area contributed by atoms with Gasteiger partial charge in [0, 0.05) is 12.1 Å². The second kappa shape index (κ2) is 6.33. The van der Waals surface area contributed by atoms with E-state index in [0.717, 1.165) is 11.3 Å². The number of methoxy groups -OCH3 is 1. The summed E-state index contributed by atoms with van der Waals surface area (Å²) in [5, 5.41) is 15.2. The molecule has 0 saturated heterocycles. The molecule has 0 spiro atoms. The lowest BCUT2D eigenvalue weighted by molar-refractivity contribution is -0.122. The topological polar surface area (TPSA) is 92.8 Å². The number of carbonyl (C=O) groups excluding carboxylic acids is 1. The van der Waals surface area contributed by atoms with Crippen molar-refractivity contribution < 1.29 is 9.53 Å². The quantitative estimate of drug-likeness (QED) is 0.853. The Hall–Kier alpha value is -2.88. The maximum Gasteiger partial charge on any atom is 0.252 e. The summed E-state index contributed by atoms with van der Waals surface area (Å²) in [6, 6.07) is 9.25. The third kappa shape index (κ3) is 3.32. The molecule has 0 radical (unpaired) electrons. The number of aromatic nitrogens is 3. The Morgan fingerprint density at radius 3 is 3.00 bits per heavy atom. The number of carbonyl (C=O) groups is 1. The summed E-state index contributed by atoms with van der Waals surface area (Å²) >= 11 is 0. The molecule has 102 valence electrons. The molecular weight excluding hydrogens is 258 g/mol. The van der Waals surface area contributed by atoms with Crippen LogP contribution in [0.5, 0.6) is 5.75 Å². The van der Waals surface area contributed by atoms with E-state index in [0.29, 0.717) is 6.54 Å². The molecule has 0 aliphatic rings. The molecule has 0 aliphatic heterocycles. The van der Waals surface area contributed by atoms with E-state index in [1.165, 1.54) is 11.0 Å². The van der Waals surface area contributed by atoms with Gasteiger partial charge in [0.2, 0.25) is 5.91 Å². The first kappa shape index (κ1) is 13.5. The minimum atomic E-state index is -0.217. The minimum absolute atomic E-state index is 0.0177. The lowest BCUT2D eigenvalue weighted by Crippen LogP contribution is -2.27. The Bertz CT molecular complexity index is 644. The Kier molecular flexibility index (Phi) is 4.29. The van der Waals surface area contributed by atoms with Crippen LogP contribution < -0.4 is 10.1 Å². The van der Waals surface area contributed by atoms with Gasteiger partial charge in [-0.3, -0.25) is 4.79 Å². The minimum Gasteiger partial charge on any atom is -0.496 e. The standard InChI is InChI=1S/C13H13N5O2/c1-20-11-5-3-2-4-10(11)7-15-13(19)8-18-9-16-12(6-14)17-18/h2-5,9H,7-8H2,1H3,(H,15,19). The molecule has 1 aromatic heterocycles. The van der Waals surface area contributed by atoms with Crippen molar-refractivity contribution in [3.63, 3.8) is 0 Å². The molecule has 1 N–H and O–H groups in total. The second-order valence-corrected chi connectivity index (χ2v) is 3.97. The number of nitrogens with zero attached hydrogens (tertiary/aromatic N) is 4. The summed E-state index contributed by atoms with van der Waals surface area (Å²) in [4.78, 5) is 15.5. The van der Waals surface area contributed by atoms with Gasteiger partial charge in [0.1, 0.15) is 24.7 Å². The molecule has 2 rings (SSSR count). The predicted octanol–water partition coefficient (Wildman–Crippen LogP) is 0.475. The van der Waals surface area contributed by atoms with Crippen LogP contribution in [0.15, 0.2) is 30.6 Å². The fourth-order valence-electron chi connectivity index (χ4n) is 1.67. The van der Waals surface area contributed by atoms with Crippen molar-refractivity contribution in [1.29, 1.82) is 5.26 Å². The van der Waals surface area contributed by atoms with E-state index in [1.54, 1.807) is 13.2 Å². The number of nitrogens with one attached hydrogen (secondary N) is 1. The van der Waals surface area contributed by atoms with Crippen LogP contribution in [-0.4, -0.2) is 27.8 Å². The normalized spacial score (nSPS) is 9.80. The summed E-state index contributed by atoms with van der Waals surface area (Å²) in [5.74, 6) is 0.549. The molecule has 0 bridgehead atoms. The van der Waals surface area contributed by atoms with Crippen LogP contribution in [0.4, 0.5) is 0 Å². The number of rotatable bonds is 5. The van der Waals surface area contributed by atoms with Crippen LogP contribution in [0.25, 0.3) is 0 Å². The summed E-state index contributed by atoms with van der Waals surface area (Å²) < 4.78 is 6.51. The zero-order chi connectivity index (χ0) is 14.4. The van der Waals surface area contributed by atoms with E-state index in [9.17, 15) is 4.79 Å². The van der Waals surface area contributed by atoms with Gasteiger partial charge >= 0.3 is 0 Å². The highest BCUT2D eigenvalue weighted by atomic mass is 16.5. The van der Waals surface area contributed by atoms with Gasteiger partial charge in [-0.2, -0.15) is 5.26 Å². The molecule has 1 aromatic carbocycles. The third-order valence-electron chi connectivity index (χ3n) is 2.61. The van der Waals surface area contributed by atoms with E-state index < -0.39 is 0 Å². The average molecular weight is 271 g/mol. The Morgan fingerprint density at radius 1 is 1.50 bits per heavy atom. The molecule has 0 saturated carbocycles. The van der Waals surface area contributed by atoms with Crippen LogP contribution >= 0.6 is 0 Å². The molecule has 7 heteroatoms. The maximum absolute atomic E-state index is 11.8. The fourth-order valence-corrected chi connectivity index (χ4v) is 1.67. The molecule has 0 aliphatic carbocycles. The molecule has 1 amide bonds. The van der Waals surface area contributed by atoms with Gasteiger partial charge in [0.15, 0.2) is 0 Å². The first-order chi connectivity index (χ1) is 9.72. The van der Waals surface area contributed by atoms with Crippen molar-refractivity contribution in [1.82, 2.24) is 20.1 Å². The second-order valence-electron chi connectivity index (χ2n) is 3.97. The molecule has 7 nitrogen and oxygen atoms in total. The van der Waals surface area contributed by atoms with Gasteiger partial charge in [-0.15, -0.1) is 5.10 Å². The Balaban J connectivity index is 1.90. The molecular formula is C13H13N5O2. The van der Waals surface area contributed by atoms with Gasteiger partial charge in [-0.25, -0.2) is 9.67 Å². The van der Waals surface area contributed by atoms with E-state index in [4.69, 9.17) is 10.00 Å². The number of nitriles is 1. The number of ether oxygens (including phenoxy) is 1. The van der Waals surface area contributed by atoms with Gasteiger partial charge in [0.25, 0.3) is 5.82 Å². The first-order valence-corrected chi connectivity index (χ1v) is 5.91. The largest absolute Gasteiger partial charge is 0.496 e. The Labute approximate surface area is 115 Å². The van der Waals surface area contributed by atoms with Crippen molar-refractivity contribution in [3.05, 3.63) is 42.0 Å². The number of hydrogen-bond donors (Lipinski definition) is 1. The summed E-state index contributed by atoms with van der Waals surface area (Å²) in [6.45, 7) is 0.381. The molecule has 20 heavy (non-hydrogen) atoms. The molecule has 0 fully saturated rings. The van der Waals surface area contributed by atoms with Crippen molar-refractivity contribution in [2.75, 3.05) is 7.11 Å². The van der Waals surface area contributed by atoms with E-state index in [2.05, 4.69) is 15.4 Å². The number of hydrogen-bond acceptors (Lipinski definition) is 5. The lowest BCUT2D eigenvalue weighted by Gasteiger charge is -2.09. The van der Waals surface area contributed by atoms with E-state index >= 15 is 0 Å². The zero-order valence-corrected chi connectivity index (χ0v) is 10.9. The van der Waals surface area contributed by atoms with E-state index in [1.807, 2.05) is 24.3 Å². The molecule has 0 atom stereocenters. The van der Waals surface area contributed by atoms with Crippen molar-refractivity contribution >= 4 is 5.91 Å². The van der Waals surface area contributed by atoms with Crippen LogP contribution in [-0.2, 0) is 17.9 Å². The van der Waals surface area contributed by atoms with Crippen molar-refractivity contribution in [2.45, 2.75) is 13.1 Å². The van der Waals surface area contributed by atoms with Gasteiger partial charge in [-0.1, -0.05) is 18.2 Å². The van der Waals surface area contributed by atoms with Crippen LogP contribution in [0.1, 0.15) is 11.4 Å². The van der Waals surface area contributed by atoms with Gasteiger partial charge < -0.3 is 10.1 Å². The lowest BCUT2D eigenvalue weighted by atomic mass is 10.2. The maximum atomic E-state index is 11.8.